The Morgan fingerprint density at radius 1 is 0.810 bits per heavy atom. The van der Waals surface area contributed by atoms with Crippen LogP contribution in [0.2, 0.25) is 0 Å². The van der Waals surface area contributed by atoms with Gasteiger partial charge in [-0.1, -0.05) is 77.9 Å². The van der Waals surface area contributed by atoms with Gasteiger partial charge in [0.2, 0.25) is 11.8 Å². The number of nitrogens with one attached hydrogen (secondary N) is 1. The van der Waals surface area contributed by atoms with Crippen LogP contribution in [0.5, 0.6) is 0 Å². The molecule has 0 heterocycles. The van der Waals surface area contributed by atoms with Gasteiger partial charge in [-0.25, -0.2) is 12.8 Å². The van der Waals surface area contributed by atoms with Crippen LogP contribution < -0.4 is 9.62 Å². The number of sulfonamides is 1. The average molecular weight is 588 g/mol. The number of hydrogen-bond donors (Lipinski definition) is 1. The minimum Gasteiger partial charge on any atom is -0.357 e. The lowest BCUT2D eigenvalue weighted by Crippen LogP contribution is -2.53. The second-order valence-corrected chi connectivity index (χ2v) is 12.0. The first-order chi connectivity index (χ1) is 20.1. The van der Waals surface area contributed by atoms with Gasteiger partial charge >= 0.3 is 0 Å². The number of likely N-dealkylation sites (N-methyl/N-ethyl adjacent to an activating group) is 1. The van der Waals surface area contributed by atoms with E-state index in [1.807, 2.05) is 68.4 Å². The summed E-state index contributed by atoms with van der Waals surface area (Å²) in [6.45, 7) is 3.25. The molecule has 2 amide bonds. The van der Waals surface area contributed by atoms with Crippen molar-refractivity contribution in [2.75, 3.05) is 17.9 Å². The van der Waals surface area contributed by atoms with Crippen molar-refractivity contribution in [2.45, 2.75) is 37.8 Å². The molecule has 0 saturated carbocycles. The molecule has 1 N–H and O–H groups in total. The molecule has 4 rings (SSSR count). The van der Waals surface area contributed by atoms with Gasteiger partial charge < -0.3 is 10.2 Å². The highest BCUT2D eigenvalue weighted by molar-refractivity contribution is 7.92. The van der Waals surface area contributed by atoms with E-state index in [0.29, 0.717) is 0 Å². The number of halogens is 1. The van der Waals surface area contributed by atoms with E-state index >= 15 is 0 Å². The highest BCUT2D eigenvalue weighted by Gasteiger charge is 2.34. The summed E-state index contributed by atoms with van der Waals surface area (Å²) in [6, 6.07) is 27.2. The van der Waals surface area contributed by atoms with Crippen LogP contribution in [0.15, 0.2) is 108 Å². The maximum absolute atomic E-state index is 14.2. The molecular formula is C33H34FN3O4S. The van der Waals surface area contributed by atoms with Gasteiger partial charge in [-0.3, -0.25) is 13.9 Å². The first-order valence-corrected chi connectivity index (χ1v) is 15.0. The summed E-state index contributed by atoms with van der Waals surface area (Å²) >= 11 is 0. The second-order valence-electron chi connectivity index (χ2n) is 10.1. The standard InChI is InChI=1S/C33H34FN3O4S/c1-24-12-18-30(19-13-24)42(40,41)37(29-16-14-28(34)15-17-29)23-32(38)36(22-27-11-7-8-25(2)20-27)31(33(39)35-3)21-26-9-5-4-6-10-26/h4-20,31H,21-23H2,1-3H3,(H,35,39)/t31-/m1/s1. The Hall–Kier alpha value is -4.50. The fraction of sp³-hybridized carbons (Fsp3) is 0.212. The van der Waals surface area contributed by atoms with E-state index < -0.39 is 34.3 Å². The van der Waals surface area contributed by atoms with Crippen LogP contribution in [-0.2, 0) is 32.6 Å². The summed E-state index contributed by atoms with van der Waals surface area (Å²) < 4.78 is 42.6. The zero-order chi connectivity index (χ0) is 30.3. The Morgan fingerprint density at radius 2 is 1.45 bits per heavy atom. The minimum absolute atomic E-state index is 0.0115. The molecule has 0 spiro atoms. The number of aryl methyl sites for hydroxylation is 2. The van der Waals surface area contributed by atoms with Crippen LogP contribution in [0, 0.1) is 19.7 Å². The van der Waals surface area contributed by atoms with Gasteiger partial charge in [0.15, 0.2) is 0 Å². The summed E-state index contributed by atoms with van der Waals surface area (Å²) in [5.74, 6) is -1.50. The lowest BCUT2D eigenvalue weighted by molar-refractivity contribution is -0.139. The molecule has 7 nitrogen and oxygen atoms in total. The number of carbonyl (C=O) groups is 2. The third kappa shape index (κ3) is 7.41. The van der Waals surface area contributed by atoms with Crippen molar-refractivity contribution in [1.82, 2.24) is 10.2 Å². The Kier molecular flexibility index (Phi) is 9.75. The molecule has 0 aromatic heterocycles. The zero-order valence-electron chi connectivity index (χ0n) is 23.8. The van der Waals surface area contributed by atoms with Crippen molar-refractivity contribution < 1.29 is 22.4 Å². The molecule has 0 saturated heterocycles. The van der Waals surface area contributed by atoms with Crippen LogP contribution in [0.3, 0.4) is 0 Å². The maximum atomic E-state index is 14.2. The predicted octanol–water partition coefficient (Wildman–Crippen LogP) is 5.02. The molecule has 0 aliphatic carbocycles. The van der Waals surface area contributed by atoms with Gasteiger partial charge in [-0.15, -0.1) is 0 Å². The first-order valence-electron chi connectivity index (χ1n) is 13.5. The molecule has 0 bridgehead atoms. The van der Waals surface area contributed by atoms with Crippen molar-refractivity contribution in [3.63, 3.8) is 0 Å². The summed E-state index contributed by atoms with van der Waals surface area (Å²) in [7, 11) is -2.74. The van der Waals surface area contributed by atoms with Gasteiger partial charge in [0.05, 0.1) is 10.6 Å². The molecule has 4 aromatic rings. The predicted molar refractivity (Wildman–Crippen MR) is 162 cm³/mol. The Balaban J connectivity index is 1.78. The molecule has 9 heteroatoms. The van der Waals surface area contributed by atoms with Crippen LogP contribution in [-0.4, -0.2) is 44.8 Å². The van der Waals surface area contributed by atoms with E-state index in [1.165, 1.54) is 36.2 Å². The van der Waals surface area contributed by atoms with E-state index in [0.717, 1.165) is 38.7 Å². The summed E-state index contributed by atoms with van der Waals surface area (Å²) in [6.07, 6.45) is 0.222. The Labute approximate surface area is 246 Å². The van der Waals surface area contributed by atoms with Crippen LogP contribution >= 0.6 is 0 Å². The zero-order valence-corrected chi connectivity index (χ0v) is 24.6. The molecular weight excluding hydrogens is 553 g/mol. The lowest BCUT2D eigenvalue weighted by Gasteiger charge is -2.33. The third-order valence-corrected chi connectivity index (χ3v) is 8.74. The van der Waals surface area contributed by atoms with Crippen molar-refractivity contribution in [1.29, 1.82) is 0 Å². The Morgan fingerprint density at radius 3 is 2.07 bits per heavy atom. The molecule has 4 aromatic carbocycles. The smallest absolute Gasteiger partial charge is 0.264 e. The molecule has 0 fully saturated rings. The van der Waals surface area contributed by atoms with E-state index in [-0.39, 0.29) is 29.5 Å². The minimum atomic E-state index is -4.24. The number of nitrogens with zero attached hydrogens (tertiary/aromatic N) is 2. The van der Waals surface area contributed by atoms with Gasteiger partial charge in [0.25, 0.3) is 10.0 Å². The fourth-order valence-electron chi connectivity index (χ4n) is 4.70. The molecule has 0 unspecified atom stereocenters. The number of carbonyl (C=O) groups excluding carboxylic acids is 2. The number of rotatable bonds is 11. The second kappa shape index (κ2) is 13.4. The number of hydrogen-bond acceptors (Lipinski definition) is 4. The molecule has 218 valence electrons. The van der Waals surface area contributed by atoms with Crippen LogP contribution in [0.25, 0.3) is 0 Å². The van der Waals surface area contributed by atoms with Crippen molar-refractivity contribution in [3.8, 4) is 0 Å². The average Bonchev–Trinajstić information content (AvgIpc) is 2.98. The van der Waals surface area contributed by atoms with Gasteiger partial charge in [-0.2, -0.15) is 0 Å². The quantitative estimate of drug-likeness (QED) is 0.267. The Bertz CT molecular complexity index is 1630. The largest absolute Gasteiger partial charge is 0.357 e. The summed E-state index contributed by atoms with van der Waals surface area (Å²) in [5.41, 5.74) is 3.61. The van der Waals surface area contributed by atoms with Crippen molar-refractivity contribution in [2.24, 2.45) is 0 Å². The number of amides is 2. The topological polar surface area (TPSA) is 86.8 Å². The van der Waals surface area contributed by atoms with Crippen molar-refractivity contribution >= 4 is 27.5 Å². The SMILES string of the molecule is CNC(=O)[C@@H](Cc1ccccc1)N(Cc1cccc(C)c1)C(=O)CN(c1ccc(F)cc1)S(=O)(=O)c1ccc(C)cc1. The number of anilines is 1. The normalized spacial score (nSPS) is 11.9. The summed E-state index contributed by atoms with van der Waals surface area (Å²) in [4.78, 5) is 28.9. The summed E-state index contributed by atoms with van der Waals surface area (Å²) in [5, 5.41) is 2.66. The maximum Gasteiger partial charge on any atom is 0.264 e. The van der Waals surface area contributed by atoms with Crippen LogP contribution in [0.4, 0.5) is 10.1 Å². The molecule has 0 radical (unpaired) electrons. The monoisotopic (exact) mass is 587 g/mol. The lowest BCUT2D eigenvalue weighted by atomic mass is 10.0. The highest BCUT2D eigenvalue weighted by atomic mass is 32.2. The molecule has 0 aliphatic rings. The fourth-order valence-corrected chi connectivity index (χ4v) is 6.12. The highest BCUT2D eigenvalue weighted by Crippen LogP contribution is 2.26. The van der Waals surface area contributed by atoms with E-state index in [2.05, 4.69) is 5.32 Å². The molecule has 1 atom stereocenters. The molecule has 42 heavy (non-hydrogen) atoms. The molecule has 0 aliphatic heterocycles. The van der Waals surface area contributed by atoms with E-state index in [9.17, 15) is 22.4 Å². The van der Waals surface area contributed by atoms with Gasteiger partial charge in [0, 0.05) is 20.0 Å². The van der Waals surface area contributed by atoms with E-state index in [1.54, 1.807) is 12.1 Å². The van der Waals surface area contributed by atoms with E-state index in [4.69, 9.17) is 0 Å². The van der Waals surface area contributed by atoms with Crippen molar-refractivity contribution in [3.05, 3.63) is 131 Å². The third-order valence-electron chi connectivity index (χ3n) is 6.96. The van der Waals surface area contributed by atoms with Gasteiger partial charge in [0.1, 0.15) is 18.4 Å². The number of benzene rings is 4. The van der Waals surface area contributed by atoms with Crippen LogP contribution in [0.1, 0.15) is 22.3 Å². The first kappa shape index (κ1) is 30.5. The van der Waals surface area contributed by atoms with Gasteiger partial charge in [-0.05, 0) is 61.4 Å².